The average Bonchev–Trinajstić information content (AvgIpc) is 3.11. The third-order valence-electron chi connectivity index (χ3n) is 5.53. The first-order chi connectivity index (χ1) is 11.6. The number of likely N-dealkylation sites (N-methyl/N-ethyl adjacent to an activating group) is 1. The zero-order chi connectivity index (χ0) is 17.1. The summed E-state index contributed by atoms with van der Waals surface area (Å²) in [5.41, 5.74) is 7.71. The fraction of sp³-hybridized carbons (Fsp3) is 0.632. The lowest BCUT2D eigenvalue weighted by molar-refractivity contribution is -0.134. The third kappa shape index (κ3) is 3.79. The molecule has 132 valence electrons. The van der Waals surface area contributed by atoms with Crippen LogP contribution in [-0.4, -0.2) is 54.0 Å². The Labute approximate surface area is 145 Å². The van der Waals surface area contributed by atoms with Gasteiger partial charge < -0.3 is 9.80 Å². The summed E-state index contributed by atoms with van der Waals surface area (Å²) in [6.07, 6.45) is 2.95. The van der Waals surface area contributed by atoms with Crippen molar-refractivity contribution in [3.8, 4) is 0 Å². The molecule has 2 heterocycles. The molecular formula is C19H30N4O. The smallest absolute Gasteiger partial charge is 0.241 e. The summed E-state index contributed by atoms with van der Waals surface area (Å²) < 4.78 is 0. The van der Waals surface area contributed by atoms with Gasteiger partial charge in [-0.15, -0.1) is 0 Å². The van der Waals surface area contributed by atoms with Crippen LogP contribution in [0.3, 0.4) is 0 Å². The summed E-state index contributed by atoms with van der Waals surface area (Å²) in [4.78, 5) is 17.3. The maximum Gasteiger partial charge on any atom is 0.241 e. The van der Waals surface area contributed by atoms with Crippen LogP contribution in [-0.2, 0) is 4.79 Å². The highest BCUT2D eigenvalue weighted by atomic mass is 16.2. The molecule has 3 rings (SSSR count). The van der Waals surface area contributed by atoms with E-state index in [4.69, 9.17) is 0 Å². The number of nitrogens with one attached hydrogen (secondary N) is 2. The molecule has 5 heteroatoms. The van der Waals surface area contributed by atoms with Crippen molar-refractivity contribution in [2.45, 2.75) is 57.3 Å². The number of carbonyl (C=O) groups excluding carboxylic acids is 1. The van der Waals surface area contributed by atoms with Crippen molar-refractivity contribution >= 4 is 5.91 Å². The van der Waals surface area contributed by atoms with E-state index < -0.39 is 0 Å². The fourth-order valence-electron chi connectivity index (χ4n) is 3.84. The van der Waals surface area contributed by atoms with Crippen molar-refractivity contribution in [3.63, 3.8) is 0 Å². The molecule has 5 nitrogen and oxygen atoms in total. The molecule has 0 spiro atoms. The summed E-state index contributed by atoms with van der Waals surface area (Å²) in [6.45, 7) is 6.66. The number of hydrogen-bond donors (Lipinski definition) is 2. The predicted octanol–water partition coefficient (Wildman–Crippen LogP) is 1.93. The average molecular weight is 330 g/mol. The third-order valence-corrected chi connectivity index (χ3v) is 5.53. The highest BCUT2D eigenvalue weighted by Crippen LogP contribution is 2.24. The van der Waals surface area contributed by atoms with Crippen LogP contribution >= 0.6 is 0 Å². The summed E-state index contributed by atoms with van der Waals surface area (Å²) in [7, 11) is 1.97. The Morgan fingerprint density at radius 2 is 1.83 bits per heavy atom. The minimum Gasteiger partial charge on any atom is -0.341 e. The molecule has 2 atom stereocenters. The highest BCUT2D eigenvalue weighted by molar-refractivity contribution is 5.82. The van der Waals surface area contributed by atoms with Crippen LogP contribution in [0.5, 0.6) is 0 Å². The molecular weight excluding hydrogens is 300 g/mol. The molecule has 2 aliphatic rings. The Balaban J connectivity index is 1.53. The van der Waals surface area contributed by atoms with Crippen molar-refractivity contribution < 1.29 is 4.79 Å². The standard InChI is InChI=1S/C19H30N4O/c1-14(2)23-11-9-16(10-12-23)22(3)19(24)18-13-17(20-21-18)15-7-5-4-6-8-15/h4-8,14,16-18,20-21H,9-13H2,1-3H3. The number of benzene rings is 1. The fourth-order valence-corrected chi connectivity index (χ4v) is 3.84. The minimum atomic E-state index is -0.136. The van der Waals surface area contributed by atoms with E-state index in [1.807, 2.05) is 30.1 Å². The van der Waals surface area contributed by atoms with Crippen LogP contribution in [0.2, 0.25) is 0 Å². The van der Waals surface area contributed by atoms with Crippen molar-refractivity contribution in [2.24, 2.45) is 0 Å². The van der Waals surface area contributed by atoms with Gasteiger partial charge in [-0.2, -0.15) is 0 Å². The number of carbonyl (C=O) groups is 1. The Bertz CT molecular complexity index is 540. The lowest BCUT2D eigenvalue weighted by atomic mass is 9.99. The second-order valence-corrected chi connectivity index (χ2v) is 7.35. The van der Waals surface area contributed by atoms with Gasteiger partial charge in [0.1, 0.15) is 6.04 Å². The highest BCUT2D eigenvalue weighted by Gasteiger charge is 2.34. The molecule has 0 bridgehead atoms. The van der Waals surface area contributed by atoms with Crippen molar-refractivity contribution in [2.75, 3.05) is 20.1 Å². The molecule has 2 N–H and O–H groups in total. The topological polar surface area (TPSA) is 47.6 Å². The predicted molar refractivity (Wildman–Crippen MR) is 96.4 cm³/mol. The van der Waals surface area contributed by atoms with E-state index in [1.165, 1.54) is 5.56 Å². The quantitative estimate of drug-likeness (QED) is 0.886. The van der Waals surface area contributed by atoms with E-state index in [-0.39, 0.29) is 18.0 Å². The molecule has 1 aromatic carbocycles. The van der Waals surface area contributed by atoms with Gasteiger partial charge in [0.2, 0.25) is 5.91 Å². The maximum atomic E-state index is 12.8. The Morgan fingerprint density at radius 1 is 1.17 bits per heavy atom. The number of hydrogen-bond acceptors (Lipinski definition) is 4. The van der Waals surface area contributed by atoms with E-state index >= 15 is 0 Å². The molecule has 2 unspecified atom stereocenters. The SMILES string of the molecule is CC(C)N1CCC(N(C)C(=O)C2CC(c3ccccc3)NN2)CC1. The Morgan fingerprint density at radius 3 is 2.46 bits per heavy atom. The second kappa shape index (κ2) is 7.64. The molecule has 0 aliphatic carbocycles. The van der Waals surface area contributed by atoms with E-state index in [0.717, 1.165) is 32.4 Å². The number of piperidine rings is 1. The van der Waals surface area contributed by atoms with Gasteiger partial charge in [0, 0.05) is 38.3 Å². The van der Waals surface area contributed by atoms with Gasteiger partial charge in [-0.1, -0.05) is 30.3 Å². The van der Waals surface area contributed by atoms with Crippen molar-refractivity contribution in [3.05, 3.63) is 35.9 Å². The van der Waals surface area contributed by atoms with Crippen LogP contribution in [0.1, 0.15) is 44.7 Å². The molecule has 24 heavy (non-hydrogen) atoms. The van der Waals surface area contributed by atoms with E-state index in [2.05, 4.69) is 41.7 Å². The van der Waals surface area contributed by atoms with Gasteiger partial charge in [0.15, 0.2) is 0 Å². The van der Waals surface area contributed by atoms with Crippen molar-refractivity contribution in [1.82, 2.24) is 20.7 Å². The van der Waals surface area contributed by atoms with Gasteiger partial charge >= 0.3 is 0 Å². The number of nitrogens with zero attached hydrogens (tertiary/aromatic N) is 2. The summed E-state index contributed by atoms with van der Waals surface area (Å²) >= 11 is 0. The summed E-state index contributed by atoms with van der Waals surface area (Å²) in [5.74, 6) is 0.212. The molecule has 2 aliphatic heterocycles. The van der Waals surface area contributed by atoms with Gasteiger partial charge in [0.05, 0.1) is 0 Å². The molecule has 1 aromatic rings. The molecule has 0 radical (unpaired) electrons. The first-order valence-electron chi connectivity index (χ1n) is 9.13. The van der Waals surface area contributed by atoms with E-state index in [0.29, 0.717) is 12.1 Å². The van der Waals surface area contributed by atoms with Gasteiger partial charge in [-0.05, 0) is 38.7 Å². The molecule has 2 saturated heterocycles. The van der Waals surface area contributed by atoms with Crippen LogP contribution in [0, 0.1) is 0 Å². The zero-order valence-corrected chi connectivity index (χ0v) is 15.0. The number of likely N-dealkylation sites (tertiary alicyclic amines) is 1. The Hall–Kier alpha value is -1.43. The first-order valence-corrected chi connectivity index (χ1v) is 9.13. The minimum absolute atomic E-state index is 0.136. The Kier molecular flexibility index (Phi) is 5.54. The largest absolute Gasteiger partial charge is 0.341 e. The summed E-state index contributed by atoms with van der Waals surface area (Å²) in [5, 5.41) is 0. The van der Waals surface area contributed by atoms with Crippen LogP contribution in [0.4, 0.5) is 0 Å². The van der Waals surface area contributed by atoms with Crippen LogP contribution < -0.4 is 10.9 Å². The van der Waals surface area contributed by atoms with E-state index in [9.17, 15) is 4.79 Å². The number of amides is 1. The van der Waals surface area contributed by atoms with Gasteiger partial charge in [-0.3, -0.25) is 4.79 Å². The van der Waals surface area contributed by atoms with Crippen LogP contribution in [0.25, 0.3) is 0 Å². The molecule has 1 amide bonds. The van der Waals surface area contributed by atoms with Crippen molar-refractivity contribution in [1.29, 1.82) is 0 Å². The molecule has 0 aromatic heterocycles. The maximum absolute atomic E-state index is 12.8. The second-order valence-electron chi connectivity index (χ2n) is 7.35. The number of hydrazine groups is 1. The molecule has 0 saturated carbocycles. The van der Waals surface area contributed by atoms with E-state index in [1.54, 1.807) is 0 Å². The lowest BCUT2D eigenvalue weighted by Crippen LogP contribution is -2.51. The summed E-state index contributed by atoms with van der Waals surface area (Å²) in [6, 6.07) is 11.4. The number of rotatable bonds is 4. The molecule has 2 fully saturated rings. The zero-order valence-electron chi connectivity index (χ0n) is 15.0. The lowest BCUT2D eigenvalue weighted by Gasteiger charge is -2.39. The first kappa shape index (κ1) is 17.4. The van der Waals surface area contributed by atoms with Crippen LogP contribution in [0.15, 0.2) is 30.3 Å². The monoisotopic (exact) mass is 330 g/mol. The van der Waals surface area contributed by atoms with Gasteiger partial charge in [-0.25, -0.2) is 10.9 Å². The normalized spacial score (nSPS) is 26.0. The van der Waals surface area contributed by atoms with Gasteiger partial charge in [0.25, 0.3) is 0 Å².